The highest BCUT2D eigenvalue weighted by Gasteiger charge is 2.08. The molecule has 5 heteroatoms. The Morgan fingerprint density at radius 1 is 1.60 bits per heavy atom. The SMILES string of the molecule is N[C@@H](CS)C(=O)NCCS. The van der Waals surface area contributed by atoms with Crippen LogP contribution in [-0.2, 0) is 4.79 Å². The van der Waals surface area contributed by atoms with Crippen molar-refractivity contribution >= 4 is 31.2 Å². The van der Waals surface area contributed by atoms with Crippen molar-refractivity contribution in [3.05, 3.63) is 0 Å². The first kappa shape index (κ1) is 10.1. The molecule has 10 heavy (non-hydrogen) atoms. The molecule has 0 saturated carbocycles. The molecule has 0 saturated heterocycles. The molecule has 0 bridgehead atoms. The summed E-state index contributed by atoms with van der Waals surface area (Å²) in [6.45, 7) is 0.559. The van der Waals surface area contributed by atoms with E-state index in [1.165, 1.54) is 0 Å². The standard InChI is InChI=1S/C5H12N2OS2/c6-4(3-10)5(8)7-1-2-9/h4,9-10H,1-3,6H2,(H,7,8)/t4-/m0/s1. The number of thiol groups is 2. The van der Waals surface area contributed by atoms with Crippen molar-refractivity contribution in [3.8, 4) is 0 Å². The van der Waals surface area contributed by atoms with Crippen LogP contribution < -0.4 is 11.1 Å². The first-order chi connectivity index (χ1) is 4.72. The molecule has 0 heterocycles. The van der Waals surface area contributed by atoms with Gasteiger partial charge in [-0.15, -0.1) is 0 Å². The lowest BCUT2D eigenvalue weighted by Gasteiger charge is -2.07. The van der Waals surface area contributed by atoms with Gasteiger partial charge in [-0.3, -0.25) is 4.79 Å². The molecule has 1 amide bonds. The van der Waals surface area contributed by atoms with Crippen LogP contribution in [0.3, 0.4) is 0 Å². The van der Waals surface area contributed by atoms with Gasteiger partial charge < -0.3 is 11.1 Å². The molecule has 0 radical (unpaired) electrons. The van der Waals surface area contributed by atoms with E-state index >= 15 is 0 Å². The third-order valence-corrected chi connectivity index (χ3v) is 1.56. The zero-order valence-corrected chi connectivity index (χ0v) is 7.37. The predicted molar refractivity (Wildman–Crippen MR) is 48.7 cm³/mol. The van der Waals surface area contributed by atoms with Gasteiger partial charge in [-0.25, -0.2) is 0 Å². The summed E-state index contributed by atoms with van der Waals surface area (Å²) >= 11 is 7.79. The monoisotopic (exact) mass is 180 g/mol. The average molecular weight is 180 g/mol. The molecule has 0 unspecified atom stereocenters. The van der Waals surface area contributed by atoms with Crippen molar-refractivity contribution in [2.45, 2.75) is 6.04 Å². The molecular formula is C5H12N2OS2. The number of hydrogen-bond acceptors (Lipinski definition) is 4. The van der Waals surface area contributed by atoms with Crippen molar-refractivity contribution in [2.75, 3.05) is 18.1 Å². The van der Waals surface area contributed by atoms with Crippen molar-refractivity contribution in [3.63, 3.8) is 0 Å². The van der Waals surface area contributed by atoms with Gasteiger partial charge in [0.2, 0.25) is 5.91 Å². The quantitative estimate of drug-likeness (QED) is 0.432. The number of nitrogens with one attached hydrogen (secondary N) is 1. The Morgan fingerprint density at radius 3 is 2.60 bits per heavy atom. The normalized spacial score (nSPS) is 12.7. The van der Waals surface area contributed by atoms with E-state index in [4.69, 9.17) is 5.73 Å². The van der Waals surface area contributed by atoms with E-state index in [1.807, 2.05) is 0 Å². The Hall–Kier alpha value is 0.130. The summed E-state index contributed by atoms with van der Waals surface area (Å²) < 4.78 is 0. The van der Waals surface area contributed by atoms with Crippen molar-refractivity contribution in [1.29, 1.82) is 0 Å². The lowest BCUT2D eigenvalue weighted by atomic mass is 10.3. The van der Waals surface area contributed by atoms with Crippen LogP contribution in [0.1, 0.15) is 0 Å². The van der Waals surface area contributed by atoms with Gasteiger partial charge in [0, 0.05) is 18.1 Å². The second kappa shape index (κ2) is 5.88. The Kier molecular flexibility index (Phi) is 5.96. The first-order valence-corrected chi connectivity index (χ1v) is 4.24. The largest absolute Gasteiger partial charge is 0.354 e. The maximum atomic E-state index is 10.8. The van der Waals surface area contributed by atoms with Gasteiger partial charge in [0.05, 0.1) is 6.04 Å². The van der Waals surface area contributed by atoms with Gasteiger partial charge in [0.15, 0.2) is 0 Å². The Morgan fingerprint density at radius 2 is 2.20 bits per heavy atom. The van der Waals surface area contributed by atoms with Gasteiger partial charge in [0.25, 0.3) is 0 Å². The fraction of sp³-hybridized carbons (Fsp3) is 0.800. The Balaban J connectivity index is 3.42. The van der Waals surface area contributed by atoms with Gasteiger partial charge >= 0.3 is 0 Å². The third-order valence-electron chi connectivity index (χ3n) is 0.945. The van der Waals surface area contributed by atoms with E-state index in [2.05, 4.69) is 30.6 Å². The highest BCUT2D eigenvalue weighted by molar-refractivity contribution is 7.80. The number of carbonyl (C=O) groups excluding carboxylic acids is 1. The molecular weight excluding hydrogens is 168 g/mol. The fourth-order valence-electron chi connectivity index (χ4n) is 0.393. The minimum absolute atomic E-state index is 0.163. The van der Waals surface area contributed by atoms with Crippen molar-refractivity contribution in [1.82, 2.24) is 5.32 Å². The molecule has 0 rings (SSSR count). The second-order valence-corrected chi connectivity index (χ2v) is 2.62. The topological polar surface area (TPSA) is 55.1 Å². The summed E-state index contributed by atoms with van der Waals surface area (Å²) in [5, 5.41) is 2.59. The molecule has 0 aromatic heterocycles. The average Bonchev–Trinajstić information content (AvgIpc) is 1.98. The van der Waals surface area contributed by atoms with E-state index in [9.17, 15) is 4.79 Å². The molecule has 0 aliphatic carbocycles. The van der Waals surface area contributed by atoms with E-state index in [-0.39, 0.29) is 5.91 Å². The smallest absolute Gasteiger partial charge is 0.237 e. The number of carbonyl (C=O) groups is 1. The molecule has 0 aliphatic rings. The lowest BCUT2D eigenvalue weighted by Crippen LogP contribution is -2.42. The molecule has 3 N–H and O–H groups in total. The van der Waals surface area contributed by atoms with Gasteiger partial charge in [0.1, 0.15) is 0 Å². The van der Waals surface area contributed by atoms with Crippen LogP contribution >= 0.6 is 25.3 Å². The van der Waals surface area contributed by atoms with Crippen molar-refractivity contribution < 1.29 is 4.79 Å². The summed E-state index contributed by atoms with van der Waals surface area (Å²) in [4.78, 5) is 10.8. The van der Waals surface area contributed by atoms with Crippen LogP contribution in [0.25, 0.3) is 0 Å². The fourth-order valence-corrected chi connectivity index (χ4v) is 0.671. The number of rotatable bonds is 4. The summed E-state index contributed by atoms with van der Waals surface area (Å²) in [6.07, 6.45) is 0. The number of nitrogens with two attached hydrogens (primary N) is 1. The highest BCUT2D eigenvalue weighted by atomic mass is 32.1. The molecule has 60 valence electrons. The number of amides is 1. The van der Waals surface area contributed by atoms with E-state index in [0.717, 1.165) is 0 Å². The zero-order chi connectivity index (χ0) is 7.98. The summed E-state index contributed by atoms with van der Waals surface area (Å²) in [6, 6.07) is -0.497. The highest BCUT2D eigenvalue weighted by Crippen LogP contribution is 1.82. The summed E-state index contributed by atoms with van der Waals surface area (Å²) in [7, 11) is 0. The van der Waals surface area contributed by atoms with E-state index < -0.39 is 6.04 Å². The minimum Gasteiger partial charge on any atom is -0.354 e. The first-order valence-electron chi connectivity index (χ1n) is 2.97. The number of hydrogen-bond donors (Lipinski definition) is 4. The van der Waals surface area contributed by atoms with Gasteiger partial charge in [-0.2, -0.15) is 25.3 Å². The maximum absolute atomic E-state index is 10.8. The van der Waals surface area contributed by atoms with E-state index in [0.29, 0.717) is 18.1 Å². The maximum Gasteiger partial charge on any atom is 0.237 e. The molecule has 0 fully saturated rings. The minimum atomic E-state index is -0.497. The summed E-state index contributed by atoms with van der Waals surface area (Å²) in [5.74, 6) is 0.840. The van der Waals surface area contributed by atoms with Gasteiger partial charge in [-0.05, 0) is 0 Å². The Bertz CT molecular complexity index is 110. The van der Waals surface area contributed by atoms with Crippen LogP contribution in [0, 0.1) is 0 Å². The van der Waals surface area contributed by atoms with Crippen molar-refractivity contribution in [2.24, 2.45) is 5.73 Å². The van der Waals surface area contributed by atoms with Crippen LogP contribution in [0.15, 0.2) is 0 Å². The Labute approximate surface area is 71.6 Å². The molecule has 0 spiro atoms. The molecule has 0 aliphatic heterocycles. The third kappa shape index (κ3) is 4.03. The van der Waals surface area contributed by atoms with Crippen LogP contribution in [-0.4, -0.2) is 30.0 Å². The van der Waals surface area contributed by atoms with E-state index in [1.54, 1.807) is 0 Å². The molecule has 0 aromatic carbocycles. The van der Waals surface area contributed by atoms with Crippen LogP contribution in [0.2, 0.25) is 0 Å². The van der Waals surface area contributed by atoms with Crippen LogP contribution in [0.4, 0.5) is 0 Å². The molecule has 1 atom stereocenters. The lowest BCUT2D eigenvalue weighted by molar-refractivity contribution is -0.121. The molecule has 0 aromatic rings. The van der Waals surface area contributed by atoms with Crippen LogP contribution in [0.5, 0.6) is 0 Å². The predicted octanol–water partition coefficient (Wildman–Crippen LogP) is -0.711. The molecule has 3 nitrogen and oxygen atoms in total. The zero-order valence-electron chi connectivity index (χ0n) is 5.58. The van der Waals surface area contributed by atoms with Gasteiger partial charge in [-0.1, -0.05) is 0 Å². The summed E-state index contributed by atoms with van der Waals surface area (Å²) in [5.41, 5.74) is 5.34. The second-order valence-electron chi connectivity index (χ2n) is 1.80.